The second-order valence-electron chi connectivity index (χ2n) is 4.69. The van der Waals surface area contributed by atoms with Gasteiger partial charge in [-0.2, -0.15) is 0 Å². The first kappa shape index (κ1) is 16.0. The molecule has 0 aliphatic rings. The summed E-state index contributed by atoms with van der Waals surface area (Å²) in [4.78, 5) is 22.7. The van der Waals surface area contributed by atoms with E-state index in [4.69, 9.17) is 5.11 Å². The van der Waals surface area contributed by atoms with E-state index < -0.39 is 11.9 Å². The van der Waals surface area contributed by atoms with Crippen LogP contribution in [0.25, 0.3) is 0 Å². The molecule has 0 radical (unpaired) electrons. The zero-order chi connectivity index (χ0) is 14.3. The molecule has 1 aromatic rings. The highest BCUT2D eigenvalue weighted by atomic mass is 32.2. The first-order valence-corrected chi connectivity index (χ1v) is 8.01. The van der Waals surface area contributed by atoms with Crippen molar-refractivity contribution >= 4 is 35.0 Å². The van der Waals surface area contributed by atoms with E-state index in [1.807, 2.05) is 31.4 Å². The number of amides is 1. The molecule has 6 heteroatoms. The topological polar surface area (TPSA) is 66.4 Å². The van der Waals surface area contributed by atoms with Crippen molar-refractivity contribution in [1.82, 2.24) is 5.32 Å². The molecule has 1 unspecified atom stereocenters. The summed E-state index contributed by atoms with van der Waals surface area (Å²) < 4.78 is 1.09. The van der Waals surface area contributed by atoms with Gasteiger partial charge in [-0.1, -0.05) is 19.9 Å². The summed E-state index contributed by atoms with van der Waals surface area (Å²) in [7, 11) is 0. The maximum absolute atomic E-state index is 11.6. The minimum absolute atomic E-state index is 0.117. The second kappa shape index (κ2) is 8.22. The number of carboxylic acids is 1. The number of carbonyl (C=O) groups excluding carboxylic acids is 1. The monoisotopic (exact) mass is 301 g/mol. The molecule has 0 fully saturated rings. The standard InChI is InChI=1S/C13H19NO3S2/c1-9(2)6-10(13(16)17)7-14-11(15)8-19-12-4-3-5-18-12/h3-5,9-10H,6-8H2,1-2H3,(H,14,15)(H,16,17). The van der Waals surface area contributed by atoms with E-state index in [1.165, 1.54) is 11.8 Å². The predicted octanol–water partition coefficient (Wildman–Crippen LogP) is 2.70. The minimum atomic E-state index is -0.847. The van der Waals surface area contributed by atoms with Gasteiger partial charge in [-0.15, -0.1) is 23.1 Å². The summed E-state index contributed by atoms with van der Waals surface area (Å²) in [5.41, 5.74) is 0. The first-order chi connectivity index (χ1) is 8.99. The Hall–Kier alpha value is -1.01. The summed E-state index contributed by atoms with van der Waals surface area (Å²) in [5, 5.41) is 13.7. The van der Waals surface area contributed by atoms with Crippen molar-refractivity contribution in [3.05, 3.63) is 17.5 Å². The van der Waals surface area contributed by atoms with Gasteiger partial charge in [-0.3, -0.25) is 9.59 Å². The van der Waals surface area contributed by atoms with Crippen LogP contribution in [0.4, 0.5) is 0 Å². The molecule has 1 rings (SSSR count). The lowest BCUT2D eigenvalue weighted by atomic mass is 9.97. The number of carbonyl (C=O) groups is 2. The average Bonchev–Trinajstić information content (AvgIpc) is 2.84. The summed E-state index contributed by atoms with van der Waals surface area (Å²) in [6, 6.07) is 3.90. The van der Waals surface area contributed by atoms with E-state index in [0.29, 0.717) is 18.1 Å². The SMILES string of the molecule is CC(C)CC(CNC(=O)CSc1cccs1)C(=O)O. The number of nitrogens with one attached hydrogen (secondary N) is 1. The lowest BCUT2D eigenvalue weighted by Gasteiger charge is -2.15. The van der Waals surface area contributed by atoms with E-state index in [9.17, 15) is 9.59 Å². The lowest BCUT2D eigenvalue weighted by Crippen LogP contribution is -2.34. The molecule has 1 atom stereocenters. The van der Waals surface area contributed by atoms with E-state index in [-0.39, 0.29) is 12.5 Å². The first-order valence-electron chi connectivity index (χ1n) is 6.15. The fourth-order valence-corrected chi connectivity index (χ4v) is 3.23. The van der Waals surface area contributed by atoms with Crippen molar-refractivity contribution in [2.24, 2.45) is 11.8 Å². The summed E-state index contributed by atoms with van der Waals surface area (Å²) in [6.45, 7) is 4.16. The molecule has 0 aromatic carbocycles. The van der Waals surface area contributed by atoms with E-state index in [2.05, 4.69) is 5.32 Å². The molecule has 1 heterocycles. The summed E-state index contributed by atoms with van der Waals surface area (Å²) in [6.07, 6.45) is 0.577. The Bertz CT molecular complexity index is 404. The van der Waals surface area contributed by atoms with Crippen molar-refractivity contribution in [3.63, 3.8) is 0 Å². The molecule has 0 bridgehead atoms. The fraction of sp³-hybridized carbons (Fsp3) is 0.538. The molecule has 106 valence electrons. The molecule has 4 nitrogen and oxygen atoms in total. The van der Waals surface area contributed by atoms with Crippen molar-refractivity contribution in [2.45, 2.75) is 24.5 Å². The highest BCUT2D eigenvalue weighted by Gasteiger charge is 2.19. The van der Waals surface area contributed by atoms with Crippen LogP contribution >= 0.6 is 23.1 Å². The number of hydrogen-bond donors (Lipinski definition) is 2. The third kappa shape index (κ3) is 6.63. The average molecular weight is 301 g/mol. The van der Waals surface area contributed by atoms with Crippen LogP contribution in [0.1, 0.15) is 20.3 Å². The smallest absolute Gasteiger partial charge is 0.308 e. The zero-order valence-corrected chi connectivity index (χ0v) is 12.7. The van der Waals surface area contributed by atoms with Gasteiger partial charge < -0.3 is 10.4 Å². The second-order valence-corrected chi connectivity index (χ2v) is 6.91. The number of thioether (sulfide) groups is 1. The predicted molar refractivity (Wildman–Crippen MR) is 78.6 cm³/mol. The minimum Gasteiger partial charge on any atom is -0.481 e. The molecule has 0 spiro atoms. The Labute approximate surface area is 121 Å². The van der Waals surface area contributed by atoms with Crippen molar-refractivity contribution in [2.75, 3.05) is 12.3 Å². The number of hydrogen-bond acceptors (Lipinski definition) is 4. The van der Waals surface area contributed by atoms with Crippen LogP contribution in [-0.2, 0) is 9.59 Å². The van der Waals surface area contributed by atoms with Gasteiger partial charge in [0.1, 0.15) is 0 Å². The van der Waals surface area contributed by atoms with Crippen molar-refractivity contribution in [3.8, 4) is 0 Å². The number of thiophene rings is 1. The van der Waals surface area contributed by atoms with Gasteiger partial charge in [0, 0.05) is 6.54 Å². The van der Waals surface area contributed by atoms with Crippen molar-refractivity contribution < 1.29 is 14.7 Å². The zero-order valence-electron chi connectivity index (χ0n) is 11.1. The van der Waals surface area contributed by atoms with Gasteiger partial charge in [0.2, 0.25) is 5.91 Å². The molecule has 0 aliphatic carbocycles. The fourth-order valence-electron chi connectivity index (χ4n) is 1.61. The lowest BCUT2D eigenvalue weighted by molar-refractivity contribution is -0.142. The summed E-state index contributed by atoms with van der Waals surface area (Å²) in [5.74, 6) is -0.836. The Morgan fingerprint density at radius 2 is 2.21 bits per heavy atom. The third-order valence-electron chi connectivity index (χ3n) is 2.49. The number of carboxylic acid groups (broad SMARTS) is 1. The van der Waals surface area contributed by atoms with Crippen LogP contribution in [0.15, 0.2) is 21.7 Å². The molecule has 19 heavy (non-hydrogen) atoms. The van der Waals surface area contributed by atoms with E-state index >= 15 is 0 Å². The van der Waals surface area contributed by atoms with Crippen LogP contribution < -0.4 is 5.32 Å². The molecule has 1 amide bonds. The Kier molecular flexibility index (Phi) is 6.94. The van der Waals surface area contributed by atoms with Gasteiger partial charge >= 0.3 is 5.97 Å². The largest absolute Gasteiger partial charge is 0.481 e. The van der Waals surface area contributed by atoms with Crippen LogP contribution in [0.5, 0.6) is 0 Å². The van der Waals surface area contributed by atoms with Crippen molar-refractivity contribution in [1.29, 1.82) is 0 Å². The molecule has 0 aliphatic heterocycles. The van der Waals surface area contributed by atoms with Crippen LogP contribution in [0.2, 0.25) is 0 Å². The van der Waals surface area contributed by atoms with Crippen LogP contribution in [0.3, 0.4) is 0 Å². The normalized spacial score (nSPS) is 12.4. The molecular weight excluding hydrogens is 282 g/mol. The molecule has 0 saturated heterocycles. The highest BCUT2D eigenvalue weighted by molar-refractivity contribution is 8.01. The van der Waals surface area contributed by atoms with Gasteiger partial charge in [0.15, 0.2) is 0 Å². The summed E-state index contributed by atoms with van der Waals surface area (Å²) >= 11 is 3.06. The number of aliphatic carboxylic acids is 1. The molecule has 0 saturated carbocycles. The maximum Gasteiger partial charge on any atom is 0.308 e. The van der Waals surface area contributed by atoms with Gasteiger partial charge in [0.25, 0.3) is 0 Å². The van der Waals surface area contributed by atoms with Gasteiger partial charge in [-0.05, 0) is 23.8 Å². The van der Waals surface area contributed by atoms with Crippen LogP contribution in [-0.4, -0.2) is 29.3 Å². The highest BCUT2D eigenvalue weighted by Crippen LogP contribution is 2.22. The third-order valence-corrected chi connectivity index (χ3v) is 4.62. The van der Waals surface area contributed by atoms with E-state index in [0.717, 1.165) is 4.21 Å². The van der Waals surface area contributed by atoms with Crippen LogP contribution in [0, 0.1) is 11.8 Å². The quantitative estimate of drug-likeness (QED) is 0.725. The Balaban J connectivity index is 2.29. The van der Waals surface area contributed by atoms with Gasteiger partial charge in [-0.25, -0.2) is 0 Å². The number of rotatable bonds is 8. The Morgan fingerprint density at radius 1 is 1.47 bits per heavy atom. The molecular formula is C13H19NO3S2. The maximum atomic E-state index is 11.6. The molecule has 1 aromatic heterocycles. The van der Waals surface area contributed by atoms with Gasteiger partial charge in [0.05, 0.1) is 15.9 Å². The Morgan fingerprint density at radius 3 is 2.74 bits per heavy atom. The molecule has 2 N–H and O–H groups in total. The van der Waals surface area contributed by atoms with E-state index in [1.54, 1.807) is 11.3 Å².